The molecular formula is C25H43N3O4. The molecule has 1 aliphatic heterocycles. The first-order valence-corrected chi connectivity index (χ1v) is 12.3. The quantitative estimate of drug-likeness (QED) is 0.526. The predicted octanol–water partition coefficient (Wildman–Crippen LogP) is 3.44. The van der Waals surface area contributed by atoms with E-state index < -0.39 is 12.0 Å². The van der Waals surface area contributed by atoms with Gasteiger partial charge in [-0.1, -0.05) is 39.2 Å². The average molecular weight is 450 g/mol. The fourth-order valence-corrected chi connectivity index (χ4v) is 5.22. The summed E-state index contributed by atoms with van der Waals surface area (Å²) in [5.41, 5.74) is 0.222. The summed E-state index contributed by atoms with van der Waals surface area (Å²) >= 11 is 0. The molecule has 0 aromatic heterocycles. The van der Waals surface area contributed by atoms with Gasteiger partial charge in [-0.05, 0) is 64.8 Å². The van der Waals surface area contributed by atoms with E-state index in [1.807, 2.05) is 13.8 Å². The number of amides is 2. The molecule has 7 nitrogen and oxygen atoms in total. The average Bonchev–Trinajstić information content (AvgIpc) is 3.28. The van der Waals surface area contributed by atoms with Crippen molar-refractivity contribution in [2.24, 2.45) is 11.8 Å². The molecule has 2 amide bonds. The van der Waals surface area contributed by atoms with Gasteiger partial charge >= 0.3 is 5.97 Å². The van der Waals surface area contributed by atoms with Gasteiger partial charge in [-0.15, -0.1) is 0 Å². The molecule has 0 aromatic carbocycles. The van der Waals surface area contributed by atoms with E-state index in [1.54, 1.807) is 24.9 Å². The Morgan fingerprint density at radius 2 is 1.62 bits per heavy atom. The van der Waals surface area contributed by atoms with E-state index >= 15 is 0 Å². The predicted molar refractivity (Wildman–Crippen MR) is 126 cm³/mol. The molecule has 1 saturated heterocycles. The number of nitrogens with zero attached hydrogens (tertiary/aromatic N) is 2. The third kappa shape index (κ3) is 6.56. The van der Waals surface area contributed by atoms with E-state index in [0.717, 1.165) is 51.5 Å². The first kappa shape index (κ1) is 26.4. The third-order valence-corrected chi connectivity index (χ3v) is 7.18. The van der Waals surface area contributed by atoms with E-state index in [4.69, 9.17) is 0 Å². The van der Waals surface area contributed by atoms with Gasteiger partial charge in [0.2, 0.25) is 11.8 Å². The number of rotatable bonds is 9. The van der Waals surface area contributed by atoms with Gasteiger partial charge in [-0.3, -0.25) is 14.5 Å². The highest BCUT2D eigenvalue weighted by molar-refractivity contribution is 5.90. The first-order chi connectivity index (χ1) is 15.0. The standard InChI is InChI=1S/C25H43N3O4/c1-16(2)21(15-18(5)25(31)32)27(6)24(30)22(19-11-7-8-12-19)26-23(29)20-13-9-10-14-28(20)17(3)4/h15-17,19-22H,7-14H2,1-6H3,(H,26,29)(H,31,32)/t20-,21?,22-/m1/s1. The smallest absolute Gasteiger partial charge is 0.331 e. The van der Waals surface area contributed by atoms with Gasteiger partial charge in [0.05, 0.1) is 12.1 Å². The van der Waals surface area contributed by atoms with Crippen LogP contribution < -0.4 is 5.32 Å². The van der Waals surface area contributed by atoms with Crippen LogP contribution in [0.2, 0.25) is 0 Å². The summed E-state index contributed by atoms with van der Waals surface area (Å²) in [6, 6.07) is -0.823. The van der Waals surface area contributed by atoms with Crippen molar-refractivity contribution in [1.82, 2.24) is 15.1 Å². The van der Waals surface area contributed by atoms with Crippen molar-refractivity contribution >= 4 is 17.8 Å². The Hall–Kier alpha value is -1.89. The zero-order chi connectivity index (χ0) is 24.0. The number of hydrogen-bond donors (Lipinski definition) is 2. The SMILES string of the molecule is CC(=CC(C(C)C)N(C)C(=O)[C@H](NC(=O)[C@H]1CCCCN1C(C)C)C1CCCC1)C(=O)O. The zero-order valence-electron chi connectivity index (χ0n) is 20.8. The molecular weight excluding hydrogens is 406 g/mol. The molecule has 1 unspecified atom stereocenters. The second-order valence-electron chi connectivity index (χ2n) is 10.2. The van der Waals surface area contributed by atoms with Gasteiger partial charge in [0.25, 0.3) is 0 Å². The third-order valence-electron chi connectivity index (χ3n) is 7.18. The normalized spacial score (nSPS) is 22.8. The number of aliphatic carboxylic acids is 1. The van der Waals surface area contributed by atoms with E-state index in [9.17, 15) is 19.5 Å². The number of likely N-dealkylation sites (N-methyl/N-ethyl adjacent to an activating group) is 1. The lowest BCUT2D eigenvalue weighted by Gasteiger charge is -2.39. The summed E-state index contributed by atoms with van der Waals surface area (Å²) in [4.78, 5) is 42.3. The topological polar surface area (TPSA) is 90.0 Å². The van der Waals surface area contributed by atoms with Gasteiger partial charge in [-0.2, -0.15) is 0 Å². The van der Waals surface area contributed by atoms with Crippen LogP contribution in [0, 0.1) is 11.8 Å². The largest absolute Gasteiger partial charge is 0.478 e. The van der Waals surface area contributed by atoms with Crippen LogP contribution in [0.4, 0.5) is 0 Å². The maximum atomic E-state index is 13.7. The Morgan fingerprint density at radius 3 is 2.16 bits per heavy atom. The molecule has 0 bridgehead atoms. The Kier molecular flexibility index (Phi) is 9.74. The fourth-order valence-electron chi connectivity index (χ4n) is 5.22. The second kappa shape index (κ2) is 11.8. The molecule has 0 spiro atoms. The molecule has 2 N–H and O–H groups in total. The number of carboxylic acid groups (broad SMARTS) is 1. The van der Waals surface area contributed by atoms with Crippen molar-refractivity contribution in [2.45, 2.75) is 104 Å². The minimum atomic E-state index is -0.983. The van der Waals surface area contributed by atoms with E-state index in [1.165, 1.54) is 0 Å². The van der Waals surface area contributed by atoms with Crippen molar-refractivity contribution in [2.75, 3.05) is 13.6 Å². The minimum Gasteiger partial charge on any atom is -0.478 e. The molecule has 2 aliphatic rings. The molecule has 32 heavy (non-hydrogen) atoms. The number of nitrogens with one attached hydrogen (secondary N) is 1. The van der Waals surface area contributed by atoms with Gasteiger partial charge in [-0.25, -0.2) is 4.79 Å². The summed E-state index contributed by atoms with van der Waals surface area (Å²) in [5, 5.41) is 12.5. The van der Waals surface area contributed by atoms with Crippen LogP contribution >= 0.6 is 0 Å². The number of likely N-dealkylation sites (tertiary alicyclic amines) is 1. The molecule has 2 fully saturated rings. The van der Waals surface area contributed by atoms with Crippen LogP contribution in [0.1, 0.15) is 79.6 Å². The van der Waals surface area contributed by atoms with E-state index in [-0.39, 0.29) is 47.3 Å². The van der Waals surface area contributed by atoms with Crippen LogP contribution in [0.25, 0.3) is 0 Å². The van der Waals surface area contributed by atoms with Gasteiger partial charge < -0.3 is 15.3 Å². The highest BCUT2D eigenvalue weighted by atomic mass is 16.4. The van der Waals surface area contributed by atoms with Crippen molar-refractivity contribution in [3.8, 4) is 0 Å². The molecule has 1 aliphatic carbocycles. The van der Waals surface area contributed by atoms with Crippen LogP contribution in [-0.2, 0) is 14.4 Å². The van der Waals surface area contributed by atoms with Crippen molar-refractivity contribution < 1.29 is 19.5 Å². The molecule has 7 heteroatoms. The molecule has 0 radical (unpaired) electrons. The summed E-state index contributed by atoms with van der Waals surface area (Å²) in [6.45, 7) is 10.6. The van der Waals surface area contributed by atoms with Gasteiger partial charge in [0.1, 0.15) is 6.04 Å². The lowest BCUT2D eigenvalue weighted by atomic mass is 9.93. The number of carboxylic acids is 1. The fraction of sp³-hybridized carbons (Fsp3) is 0.800. The molecule has 2 rings (SSSR count). The second-order valence-corrected chi connectivity index (χ2v) is 10.2. The van der Waals surface area contributed by atoms with Crippen LogP contribution in [-0.4, -0.2) is 70.4 Å². The van der Waals surface area contributed by atoms with Crippen LogP contribution in [0.15, 0.2) is 11.6 Å². The maximum absolute atomic E-state index is 13.7. The summed E-state index contributed by atoms with van der Waals surface area (Å²) in [6.07, 6.45) is 8.60. The Morgan fingerprint density at radius 1 is 1.03 bits per heavy atom. The van der Waals surface area contributed by atoms with E-state index in [2.05, 4.69) is 24.1 Å². The van der Waals surface area contributed by atoms with Gasteiger partial charge in [0.15, 0.2) is 0 Å². The van der Waals surface area contributed by atoms with Gasteiger partial charge in [0, 0.05) is 18.7 Å². The zero-order valence-corrected chi connectivity index (χ0v) is 20.8. The lowest BCUT2D eigenvalue weighted by Crippen LogP contribution is -2.59. The summed E-state index contributed by atoms with van der Waals surface area (Å²) < 4.78 is 0. The maximum Gasteiger partial charge on any atom is 0.331 e. The van der Waals surface area contributed by atoms with Crippen molar-refractivity contribution in [3.63, 3.8) is 0 Å². The van der Waals surface area contributed by atoms with Crippen LogP contribution in [0.5, 0.6) is 0 Å². The Labute approximate surface area is 193 Å². The Balaban J connectivity index is 2.25. The lowest BCUT2D eigenvalue weighted by molar-refractivity contribution is -0.140. The first-order valence-electron chi connectivity index (χ1n) is 12.3. The molecule has 1 saturated carbocycles. The number of carbonyl (C=O) groups is 3. The van der Waals surface area contributed by atoms with Crippen molar-refractivity contribution in [1.29, 1.82) is 0 Å². The number of piperidine rings is 1. The molecule has 1 heterocycles. The Bertz CT molecular complexity index is 697. The van der Waals surface area contributed by atoms with Crippen molar-refractivity contribution in [3.05, 3.63) is 11.6 Å². The van der Waals surface area contributed by atoms with E-state index in [0.29, 0.717) is 0 Å². The highest BCUT2D eigenvalue weighted by Gasteiger charge is 2.39. The summed E-state index contributed by atoms with van der Waals surface area (Å²) in [5.74, 6) is -0.973. The van der Waals surface area contributed by atoms with Crippen LogP contribution in [0.3, 0.4) is 0 Å². The molecule has 182 valence electrons. The monoisotopic (exact) mass is 449 g/mol. The summed E-state index contributed by atoms with van der Waals surface area (Å²) in [7, 11) is 1.73. The highest BCUT2D eigenvalue weighted by Crippen LogP contribution is 2.30. The number of hydrogen-bond acceptors (Lipinski definition) is 4. The minimum absolute atomic E-state index is 0.0459. The number of carbonyl (C=O) groups excluding carboxylic acids is 2. The molecule has 0 aromatic rings. The molecule has 3 atom stereocenters.